The Morgan fingerprint density at radius 3 is 2.46 bits per heavy atom. The third-order valence-corrected chi connectivity index (χ3v) is 6.31. The monoisotopic (exact) mass is 418 g/mol. The van der Waals surface area contributed by atoms with Crippen LogP contribution in [0.3, 0.4) is 0 Å². The Kier molecular flexibility index (Phi) is 6.31. The van der Waals surface area contributed by atoms with Gasteiger partial charge in [0.05, 0.1) is 16.7 Å². The van der Waals surface area contributed by atoms with E-state index in [1.807, 2.05) is 47.9 Å². The van der Waals surface area contributed by atoms with Crippen molar-refractivity contribution in [3.8, 4) is 0 Å². The largest absolute Gasteiger partial charge is 0.478 e. The number of sulfonamides is 1. The number of thioether (sulfide) groups is 1. The van der Waals surface area contributed by atoms with Crippen LogP contribution in [0.25, 0.3) is 6.08 Å². The first-order valence-electron chi connectivity index (χ1n) is 8.82. The molecule has 2 N–H and O–H groups in total. The van der Waals surface area contributed by atoms with Crippen LogP contribution in [0.1, 0.15) is 21.5 Å². The maximum atomic E-state index is 12.3. The van der Waals surface area contributed by atoms with Crippen LogP contribution in [-0.2, 0) is 10.0 Å². The number of carbonyl (C=O) groups is 1. The summed E-state index contributed by atoms with van der Waals surface area (Å²) < 4.78 is 27.1. The van der Waals surface area contributed by atoms with Crippen LogP contribution in [0, 0.1) is 6.92 Å². The summed E-state index contributed by atoms with van der Waals surface area (Å²) in [6, 6.07) is 12.1. The second-order valence-corrected chi connectivity index (χ2v) is 9.29. The number of hydrogen-bond donors (Lipinski definition) is 2. The first-order valence-corrected chi connectivity index (χ1v) is 11.5. The zero-order chi connectivity index (χ0) is 20.1. The summed E-state index contributed by atoms with van der Waals surface area (Å²) in [6.07, 6.45) is 1.50. The van der Waals surface area contributed by atoms with Gasteiger partial charge in [0.25, 0.3) is 10.0 Å². The second kappa shape index (κ2) is 8.70. The molecule has 0 aliphatic carbocycles. The molecule has 1 fully saturated rings. The number of carboxylic acids is 1. The molecule has 0 amide bonds. The molecule has 1 saturated heterocycles. The Morgan fingerprint density at radius 2 is 1.82 bits per heavy atom. The van der Waals surface area contributed by atoms with E-state index in [9.17, 15) is 18.3 Å². The van der Waals surface area contributed by atoms with E-state index in [4.69, 9.17) is 0 Å². The number of rotatable bonds is 6. The number of aromatic carboxylic acids is 1. The Hall–Kier alpha value is -2.45. The fraction of sp³-hybridized carbons (Fsp3) is 0.250. The van der Waals surface area contributed by atoms with Gasteiger partial charge in [-0.2, -0.15) is 11.8 Å². The third kappa shape index (κ3) is 5.30. The van der Waals surface area contributed by atoms with Crippen molar-refractivity contribution < 1.29 is 18.3 Å². The topological polar surface area (TPSA) is 86.7 Å². The highest BCUT2D eigenvalue weighted by Gasteiger charge is 2.19. The normalized spacial score (nSPS) is 15.0. The number of nitrogens with one attached hydrogen (secondary N) is 1. The van der Waals surface area contributed by atoms with E-state index in [1.54, 1.807) is 12.1 Å². The first kappa shape index (κ1) is 20.3. The second-order valence-electron chi connectivity index (χ2n) is 6.50. The lowest BCUT2D eigenvalue weighted by Gasteiger charge is -2.29. The van der Waals surface area contributed by atoms with Gasteiger partial charge in [-0.1, -0.05) is 29.8 Å². The van der Waals surface area contributed by atoms with E-state index >= 15 is 0 Å². The number of carboxylic acid groups (broad SMARTS) is 1. The van der Waals surface area contributed by atoms with Gasteiger partial charge < -0.3 is 10.0 Å². The van der Waals surface area contributed by atoms with Crippen molar-refractivity contribution in [2.75, 3.05) is 34.2 Å². The van der Waals surface area contributed by atoms with Gasteiger partial charge in [0.1, 0.15) is 0 Å². The Labute approximate surface area is 169 Å². The zero-order valence-electron chi connectivity index (χ0n) is 15.5. The summed E-state index contributed by atoms with van der Waals surface area (Å²) in [5.74, 6) is 0.804. The summed E-state index contributed by atoms with van der Waals surface area (Å²) in [7, 11) is -3.76. The summed E-state index contributed by atoms with van der Waals surface area (Å²) in [5.41, 5.74) is 2.79. The van der Waals surface area contributed by atoms with Crippen molar-refractivity contribution in [2.45, 2.75) is 6.92 Å². The molecule has 0 aromatic heterocycles. The van der Waals surface area contributed by atoms with Crippen LogP contribution in [0.4, 0.5) is 11.4 Å². The standard InChI is InChI=1S/C20H22N2O4S2/c1-15-2-4-16(5-3-15)8-13-28(25,26)21-17-6-7-19(18(14-17)20(23)24)22-9-11-27-12-10-22/h2-8,13-14,21H,9-12H2,1H3,(H,23,24)/b13-8+. The van der Waals surface area contributed by atoms with E-state index in [0.717, 1.165) is 41.1 Å². The predicted octanol–water partition coefficient (Wildman–Crippen LogP) is 3.66. The van der Waals surface area contributed by atoms with Crippen molar-refractivity contribution in [1.82, 2.24) is 0 Å². The molecule has 1 aliphatic rings. The summed E-state index contributed by atoms with van der Waals surface area (Å²) in [5, 5.41) is 10.6. The molecule has 1 aliphatic heterocycles. The maximum Gasteiger partial charge on any atom is 0.337 e. The molecule has 0 spiro atoms. The highest BCUT2D eigenvalue weighted by molar-refractivity contribution is 7.99. The maximum absolute atomic E-state index is 12.3. The fourth-order valence-electron chi connectivity index (χ4n) is 2.89. The van der Waals surface area contributed by atoms with Crippen molar-refractivity contribution in [3.05, 3.63) is 64.6 Å². The number of hydrogen-bond acceptors (Lipinski definition) is 5. The number of benzene rings is 2. The summed E-state index contributed by atoms with van der Waals surface area (Å²) >= 11 is 1.83. The molecule has 3 rings (SSSR count). The Morgan fingerprint density at radius 1 is 1.14 bits per heavy atom. The molecule has 28 heavy (non-hydrogen) atoms. The van der Waals surface area contributed by atoms with E-state index in [0.29, 0.717) is 5.69 Å². The van der Waals surface area contributed by atoms with Gasteiger partial charge in [-0.15, -0.1) is 0 Å². The highest BCUT2D eigenvalue weighted by Crippen LogP contribution is 2.27. The molecule has 0 bridgehead atoms. The number of nitrogens with zero attached hydrogens (tertiary/aromatic N) is 1. The molecule has 2 aromatic rings. The molecule has 8 heteroatoms. The summed E-state index contributed by atoms with van der Waals surface area (Å²) in [6.45, 7) is 3.50. The fourth-order valence-corrected chi connectivity index (χ4v) is 4.66. The van der Waals surface area contributed by atoms with E-state index < -0.39 is 16.0 Å². The van der Waals surface area contributed by atoms with Crippen LogP contribution in [0.5, 0.6) is 0 Å². The minimum Gasteiger partial charge on any atom is -0.478 e. The SMILES string of the molecule is Cc1ccc(/C=C/S(=O)(=O)Nc2ccc(N3CCSCC3)c(C(=O)O)c2)cc1. The summed E-state index contributed by atoms with van der Waals surface area (Å²) in [4.78, 5) is 13.7. The minimum atomic E-state index is -3.76. The van der Waals surface area contributed by atoms with Gasteiger partial charge >= 0.3 is 5.97 Å². The van der Waals surface area contributed by atoms with Crippen LogP contribution < -0.4 is 9.62 Å². The van der Waals surface area contributed by atoms with E-state index in [2.05, 4.69) is 4.72 Å². The molecule has 2 aromatic carbocycles. The molecule has 0 atom stereocenters. The average Bonchev–Trinajstić information content (AvgIpc) is 2.68. The zero-order valence-corrected chi connectivity index (χ0v) is 17.1. The lowest BCUT2D eigenvalue weighted by atomic mass is 10.1. The van der Waals surface area contributed by atoms with Crippen LogP contribution in [-0.4, -0.2) is 44.1 Å². The molecule has 1 heterocycles. The van der Waals surface area contributed by atoms with Crippen molar-refractivity contribution in [2.24, 2.45) is 0 Å². The van der Waals surface area contributed by atoms with Gasteiger partial charge in [0.2, 0.25) is 0 Å². The quantitative estimate of drug-likeness (QED) is 0.745. The Bertz CT molecular complexity index is 980. The van der Waals surface area contributed by atoms with Gasteiger partial charge in [-0.05, 0) is 36.8 Å². The lowest BCUT2D eigenvalue weighted by molar-refractivity contribution is 0.0697. The highest BCUT2D eigenvalue weighted by atomic mass is 32.2. The van der Waals surface area contributed by atoms with E-state index in [-0.39, 0.29) is 11.3 Å². The van der Waals surface area contributed by atoms with Gasteiger partial charge in [0, 0.05) is 30.3 Å². The first-order chi connectivity index (χ1) is 13.3. The van der Waals surface area contributed by atoms with Crippen molar-refractivity contribution in [3.63, 3.8) is 0 Å². The van der Waals surface area contributed by atoms with Crippen molar-refractivity contribution in [1.29, 1.82) is 0 Å². The van der Waals surface area contributed by atoms with Crippen molar-refractivity contribution >= 4 is 45.2 Å². The number of aryl methyl sites for hydroxylation is 1. The molecular formula is C20H22N2O4S2. The van der Waals surface area contributed by atoms with Crippen LogP contribution in [0.2, 0.25) is 0 Å². The van der Waals surface area contributed by atoms with Gasteiger partial charge in [-0.25, -0.2) is 13.2 Å². The minimum absolute atomic E-state index is 0.0922. The lowest BCUT2D eigenvalue weighted by Crippen LogP contribution is -2.33. The van der Waals surface area contributed by atoms with Gasteiger partial charge in [-0.3, -0.25) is 4.72 Å². The van der Waals surface area contributed by atoms with Gasteiger partial charge in [0.15, 0.2) is 0 Å². The molecule has 148 valence electrons. The molecular weight excluding hydrogens is 396 g/mol. The molecule has 0 saturated carbocycles. The predicted molar refractivity (Wildman–Crippen MR) is 116 cm³/mol. The molecule has 0 radical (unpaired) electrons. The van der Waals surface area contributed by atoms with E-state index in [1.165, 1.54) is 12.1 Å². The number of anilines is 2. The third-order valence-electron chi connectivity index (χ3n) is 4.36. The molecule has 0 unspecified atom stereocenters. The average molecular weight is 419 g/mol. The molecule has 6 nitrogen and oxygen atoms in total. The van der Waals surface area contributed by atoms with Crippen LogP contribution >= 0.6 is 11.8 Å². The Balaban J connectivity index is 1.80. The smallest absolute Gasteiger partial charge is 0.337 e. The van der Waals surface area contributed by atoms with Crippen LogP contribution in [0.15, 0.2) is 47.9 Å².